The lowest BCUT2D eigenvalue weighted by Crippen LogP contribution is -1.95. The highest BCUT2D eigenvalue weighted by atomic mass is 32.1. The highest BCUT2D eigenvalue weighted by Gasteiger charge is 2.12. The topological polar surface area (TPSA) is 63.9 Å². The molecule has 1 aromatic heterocycles. The Hall–Kier alpha value is -3.38. The van der Waals surface area contributed by atoms with Gasteiger partial charge in [-0.3, -0.25) is 4.99 Å². The van der Waals surface area contributed by atoms with Crippen molar-refractivity contribution in [2.45, 2.75) is 0 Å². The van der Waals surface area contributed by atoms with Gasteiger partial charge in [0.15, 0.2) is 0 Å². The highest BCUT2D eigenvalue weighted by Crippen LogP contribution is 2.37. The third-order valence-electron chi connectivity index (χ3n) is 4.31. The Morgan fingerprint density at radius 3 is 2.43 bits per heavy atom. The number of hydrogen-bond donors (Lipinski definition) is 1. The van der Waals surface area contributed by atoms with Crippen LogP contribution in [0.2, 0.25) is 0 Å². The van der Waals surface area contributed by atoms with Crippen molar-refractivity contribution < 1.29 is 14.6 Å². The lowest BCUT2D eigenvalue weighted by molar-refractivity contribution is 0.393. The van der Waals surface area contributed by atoms with E-state index in [0.717, 1.165) is 20.8 Å². The van der Waals surface area contributed by atoms with E-state index in [-0.39, 0.29) is 5.75 Å². The van der Waals surface area contributed by atoms with E-state index < -0.39 is 0 Å². The molecular formula is C22H18N2O3S. The predicted molar refractivity (Wildman–Crippen MR) is 114 cm³/mol. The van der Waals surface area contributed by atoms with Gasteiger partial charge in [-0.1, -0.05) is 18.2 Å². The number of benzene rings is 3. The second kappa shape index (κ2) is 7.70. The molecule has 0 bridgehead atoms. The molecule has 0 saturated carbocycles. The molecule has 0 radical (unpaired) electrons. The number of phenols is 1. The normalized spacial score (nSPS) is 11.2. The Morgan fingerprint density at radius 2 is 1.71 bits per heavy atom. The van der Waals surface area contributed by atoms with Gasteiger partial charge in [0, 0.05) is 6.21 Å². The van der Waals surface area contributed by atoms with Gasteiger partial charge in [-0.05, 0) is 42.5 Å². The van der Waals surface area contributed by atoms with Crippen molar-refractivity contribution in [1.29, 1.82) is 0 Å². The van der Waals surface area contributed by atoms with Crippen molar-refractivity contribution in [3.63, 3.8) is 0 Å². The van der Waals surface area contributed by atoms with Crippen LogP contribution in [0.1, 0.15) is 5.56 Å². The lowest BCUT2D eigenvalue weighted by Gasteiger charge is -2.09. The average Bonchev–Trinajstić information content (AvgIpc) is 3.16. The molecule has 1 N–H and O–H groups in total. The molecule has 4 aromatic rings. The Labute approximate surface area is 166 Å². The number of thiazole rings is 1. The Bertz CT molecular complexity index is 1110. The summed E-state index contributed by atoms with van der Waals surface area (Å²) in [6.45, 7) is 0. The highest BCUT2D eigenvalue weighted by molar-refractivity contribution is 7.21. The van der Waals surface area contributed by atoms with Crippen molar-refractivity contribution in [1.82, 2.24) is 4.98 Å². The van der Waals surface area contributed by atoms with Crippen LogP contribution in [-0.2, 0) is 0 Å². The number of fused-ring (bicyclic) bond motifs is 1. The van der Waals surface area contributed by atoms with Crippen molar-refractivity contribution in [2.75, 3.05) is 14.2 Å². The first kappa shape index (κ1) is 18.0. The molecule has 4 rings (SSSR count). The van der Waals surface area contributed by atoms with Crippen LogP contribution in [-0.4, -0.2) is 30.5 Å². The standard InChI is InChI=1S/C22H18N2O3S/c1-26-19-7-5-8-20(27-2)16(19)13-23-14-10-11-18(25)15(12-14)22-24-17-6-3-4-9-21(17)28-22/h3-13,25H,1-2H3. The molecule has 1 heterocycles. The number of phenolic OH excluding ortho intramolecular Hbond substituents is 1. The van der Waals surface area contributed by atoms with Gasteiger partial charge in [-0.25, -0.2) is 4.98 Å². The van der Waals surface area contributed by atoms with Crippen LogP contribution in [0.15, 0.2) is 65.7 Å². The van der Waals surface area contributed by atoms with Gasteiger partial charge in [0.25, 0.3) is 0 Å². The summed E-state index contributed by atoms with van der Waals surface area (Å²) in [5.41, 5.74) is 3.01. The molecule has 0 spiro atoms. The van der Waals surface area contributed by atoms with Gasteiger partial charge in [-0.15, -0.1) is 11.3 Å². The van der Waals surface area contributed by atoms with E-state index in [0.29, 0.717) is 22.7 Å². The summed E-state index contributed by atoms with van der Waals surface area (Å²) in [5, 5.41) is 11.1. The fourth-order valence-electron chi connectivity index (χ4n) is 2.91. The molecule has 28 heavy (non-hydrogen) atoms. The molecule has 0 amide bonds. The molecule has 5 nitrogen and oxygen atoms in total. The van der Waals surface area contributed by atoms with Crippen LogP contribution >= 0.6 is 11.3 Å². The van der Waals surface area contributed by atoms with Crippen LogP contribution in [0.5, 0.6) is 17.2 Å². The number of rotatable bonds is 5. The molecule has 0 saturated heterocycles. The number of aromatic nitrogens is 1. The van der Waals surface area contributed by atoms with Gasteiger partial charge in [-0.2, -0.15) is 0 Å². The van der Waals surface area contributed by atoms with Crippen LogP contribution in [0.25, 0.3) is 20.8 Å². The van der Waals surface area contributed by atoms with E-state index in [9.17, 15) is 5.11 Å². The number of ether oxygens (including phenoxy) is 2. The predicted octanol–water partition coefficient (Wildman–Crippen LogP) is 5.44. The van der Waals surface area contributed by atoms with Crippen LogP contribution < -0.4 is 9.47 Å². The van der Waals surface area contributed by atoms with Crippen LogP contribution in [0, 0.1) is 0 Å². The smallest absolute Gasteiger partial charge is 0.131 e. The molecule has 0 aliphatic heterocycles. The summed E-state index contributed by atoms with van der Waals surface area (Å²) < 4.78 is 11.9. The quantitative estimate of drug-likeness (QED) is 0.461. The first-order valence-electron chi connectivity index (χ1n) is 8.63. The minimum atomic E-state index is 0.174. The van der Waals surface area contributed by atoms with Crippen molar-refractivity contribution in [3.8, 4) is 27.8 Å². The maximum Gasteiger partial charge on any atom is 0.131 e. The monoisotopic (exact) mass is 390 g/mol. The number of methoxy groups -OCH3 is 2. The van der Waals surface area contributed by atoms with Crippen LogP contribution in [0.3, 0.4) is 0 Å². The first-order valence-corrected chi connectivity index (χ1v) is 9.45. The zero-order valence-corrected chi connectivity index (χ0v) is 16.2. The third-order valence-corrected chi connectivity index (χ3v) is 5.38. The minimum Gasteiger partial charge on any atom is -0.507 e. The third kappa shape index (κ3) is 3.42. The fourth-order valence-corrected chi connectivity index (χ4v) is 3.90. The summed E-state index contributed by atoms with van der Waals surface area (Å²) in [6, 6.07) is 18.7. The molecule has 0 fully saturated rings. The van der Waals surface area contributed by atoms with Gasteiger partial charge in [0.05, 0.1) is 41.3 Å². The molecule has 0 atom stereocenters. The summed E-state index contributed by atoms with van der Waals surface area (Å²) in [4.78, 5) is 9.18. The van der Waals surface area contributed by atoms with E-state index in [1.807, 2.05) is 48.5 Å². The maximum atomic E-state index is 10.3. The van der Waals surface area contributed by atoms with Crippen molar-refractivity contribution in [3.05, 3.63) is 66.2 Å². The van der Waals surface area contributed by atoms with E-state index >= 15 is 0 Å². The summed E-state index contributed by atoms with van der Waals surface area (Å²) in [7, 11) is 3.22. The fraction of sp³-hybridized carbons (Fsp3) is 0.0909. The Balaban J connectivity index is 1.73. The van der Waals surface area contributed by atoms with E-state index in [2.05, 4.69) is 9.98 Å². The second-order valence-corrected chi connectivity index (χ2v) is 7.05. The van der Waals surface area contributed by atoms with E-state index in [4.69, 9.17) is 9.47 Å². The van der Waals surface area contributed by atoms with Gasteiger partial charge < -0.3 is 14.6 Å². The number of hydrogen-bond acceptors (Lipinski definition) is 6. The van der Waals surface area contributed by atoms with Crippen LogP contribution in [0.4, 0.5) is 5.69 Å². The zero-order valence-electron chi connectivity index (χ0n) is 15.4. The van der Waals surface area contributed by atoms with E-state index in [1.165, 1.54) is 11.3 Å². The largest absolute Gasteiger partial charge is 0.507 e. The number of para-hydroxylation sites is 1. The van der Waals surface area contributed by atoms with Gasteiger partial charge in [0.1, 0.15) is 22.3 Å². The average molecular weight is 390 g/mol. The first-order chi connectivity index (χ1) is 13.7. The molecule has 3 aromatic carbocycles. The van der Waals surface area contributed by atoms with Crippen molar-refractivity contribution in [2.24, 2.45) is 4.99 Å². The molecular weight excluding hydrogens is 372 g/mol. The van der Waals surface area contributed by atoms with Gasteiger partial charge in [0.2, 0.25) is 0 Å². The molecule has 140 valence electrons. The Morgan fingerprint density at radius 1 is 0.964 bits per heavy atom. The maximum absolute atomic E-state index is 10.3. The summed E-state index contributed by atoms with van der Waals surface area (Å²) in [5.74, 6) is 1.52. The number of aromatic hydroxyl groups is 1. The van der Waals surface area contributed by atoms with Gasteiger partial charge >= 0.3 is 0 Å². The van der Waals surface area contributed by atoms with E-state index in [1.54, 1.807) is 32.6 Å². The van der Waals surface area contributed by atoms with Crippen molar-refractivity contribution >= 4 is 33.5 Å². The lowest BCUT2D eigenvalue weighted by atomic mass is 10.1. The second-order valence-electron chi connectivity index (χ2n) is 6.02. The number of aliphatic imine (C=N–C) groups is 1. The molecule has 0 aliphatic rings. The molecule has 6 heteroatoms. The zero-order chi connectivity index (χ0) is 19.5. The molecule has 0 unspecified atom stereocenters. The SMILES string of the molecule is COc1cccc(OC)c1C=Nc1ccc(O)c(-c2nc3ccccc3s2)c1. The molecule has 0 aliphatic carbocycles. The summed E-state index contributed by atoms with van der Waals surface area (Å²) >= 11 is 1.54. The minimum absolute atomic E-state index is 0.174. The Kier molecular flexibility index (Phi) is 4.95. The number of nitrogens with zero attached hydrogens (tertiary/aromatic N) is 2. The summed E-state index contributed by atoms with van der Waals surface area (Å²) in [6.07, 6.45) is 1.70.